The monoisotopic (exact) mass is 154 g/mol. The van der Waals surface area contributed by atoms with Crippen LogP contribution in [-0.4, -0.2) is 21.0 Å². The Hall–Kier alpha value is -0.900. The van der Waals surface area contributed by atoms with Crippen LogP contribution in [0.3, 0.4) is 0 Å². The fourth-order valence-electron chi connectivity index (χ4n) is 0.916. The topological polar surface area (TPSA) is 56.7 Å². The van der Waals surface area contributed by atoms with Crippen molar-refractivity contribution in [2.45, 2.75) is 32.9 Å². The summed E-state index contributed by atoms with van der Waals surface area (Å²) < 4.78 is 1.80. The molecule has 0 spiro atoms. The second kappa shape index (κ2) is 3.48. The van der Waals surface area contributed by atoms with E-state index in [1.165, 1.54) is 0 Å². The number of aryl methyl sites for hydroxylation is 1. The van der Waals surface area contributed by atoms with Gasteiger partial charge in [-0.15, -0.1) is 5.10 Å². The summed E-state index contributed by atoms with van der Waals surface area (Å²) in [7, 11) is 0. The fraction of sp³-hybridized carbons (Fsp3) is 0.714. The van der Waals surface area contributed by atoms with Crippen LogP contribution in [-0.2, 0) is 13.0 Å². The lowest BCUT2D eigenvalue weighted by atomic mass is 10.2. The molecule has 4 nitrogen and oxygen atoms in total. The van der Waals surface area contributed by atoms with E-state index in [0.29, 0.717) is 0 Å². The van der Waals surface area contributed by atoms with Crippen LogP contribution < -0.4 is 5.73 Å². The van der Waals surface area contributed by atoms with E-state index in [4.69, 9.17) is 5.73 Å². The highest BCUT2D eigenvalue weighted by atomic mass is 15.4. The molecule has 0 radical (unpaired) electrons. The van der Waals surface area contributed by atoms with Crippen molar-refractivity contribution in [3.8, 4) is 0 Å². The first kappa shape index (κ1) is 8.20. The van der Waals surface area contributed by atoms with Crippen molar-refractivity contribution < 1.29 is 0 Å². The largest absolute Gasteiger partial charge is 0.328 e. The van der Waals surface area contributed by atoms with E-state index < -0.39 is 0 Å². The van der Waals surface area contributed by atoms with E-state index in [2.05, 4.69) is 10.3 Å². The first-order valence-electron chi connectivity index (χ1n) is 3.87. The molecule has 0 amide bonds. The van der Waals surface area contributed by atoms with Gasteiger partial charge in [-0.25, -0.2) is 0 Å². The molecule has 2 N–H and O–H groups in total. The Bertz CT molecular complexity index is 216. The molecule has 1 atom stereocenters. The van der Waals surface area contributed by atoms with E-state index in [1.54, 1.807) is 4.68 Å². The molecule has 1 aromatic rings. The van der Waals surface area contributed by atoms with E-state index in [9.17, 15) is 0 Å². The number of rotatable bonds is 3. The Morgan fingerprint density at radius 1 is 1.73 bits per heavy atom. The SMILES string of the molecule is CCn1cc(CC(C)N)nn1. The van der Waals surface area contributed by atoms with Gasteiger partial charge in [0.25, 0.3) is 0 Å². The highest BCUT2D eigenvalue weighted by Gasteiger charge is 2.01. The van der Waals surface area contributed by atoms with Gasteiger partial charge in [-0.3, -0.25) is 4.68 Å². The van der Waals surface area contributed by atoms with Gasteiger partial charge in [-0.1, -0.05) is 5.21 Å². The minimum Gasteiger partial charge on any atom is -0.328 e. The summed E-state index contributed by atoms with van der Waals surface area (Å²) in [6.07, 6.45) is 2.74. The van der Waals surface area contributed by atoms with Crippen molar-refractivity contribution in [2.75, 3.05) is 0 Å². The number of hydrogen-bond acceptors (Lipinski definition) is 3. The maximum atomic E-state index is 5.60. The first-order chi connectivity index (χ1) is 5.22. The summed E-state index contributed by atoms with van der Waals surface area (Å²) in [4.78, 5) is 0. The van der Waals surface area contributed by atoms with Gasteiger partial charge in [-0.2, -0.15) is 0 Å². The minimum absolute atomic E-state index is 0.164. The van der Waals surface area contributed by atoms with Crippen LogP contribution in [0.25, 0.3) is 0 Å². The smallest absolute Gasteiger partial charge is 0.0842 e. The molecule has 0 aromatic carbocycles. The zero-order chi connectivity index (χ0) is 8.27. The Morgan fingerprint density at radius 3 is 2.91 bits per heavy atom. The average Bonchev–Trinajstić information content (AvgIpc) is 2.34. The van der Waals surface area contributed by atoms with E-state index >= 15 is 0 Å². The third kappa shape index (κ3) is 2.31. The molecule has 0 aliphatic rings. The number of hydrogen-bond donors (Lipinski definition) is 1. The van der Waals surface area contributed by atoms with Gasteiger partial charge < -0.3 is 5.73 Å². The molecule has 0 aliphatic carbocycles. The zero-order valence-electron chi connectivity index (χ0n) is 6.99. The molecule has 11 heavy (non-hydrogen) atoms. The van der Waals surface area contributed by atoms with Gasteiger partial charge >= 0.3 is 0 Å². The quantitative estimate of drug-likeness (QED) is 0.676. The van der Waals surface area contributed by atoms with E-state index in [0.717, 1.165) is 18.7 Å². The number of aromatic nitrogens is 3. The second-order valence-electron chi connectivity index (χ2n) is 2.75. The van der Waals surface area contributed by atoms with Crippen molar-refractivity contribution in [2.24, 2.45) is 5.73 Å². The summed E-state index contributed by atoms with van der Waals surface area (Å²) in [6, 6.07) is 0.164. The highest BCUT2D eigenvalue weighted by Crippen LogP contribution is 1.96. The molecule has 62 valence electrons. The molecule has 0 saturated carbocycles. The fourth-order valence-corrected chi connectivity index (χ4v) is 0.916. The van der Waals surface area contributed by atoms with E-state index in [-0.39, 0.29) is 6.04 Å². The van der Waals surface area contributed by atoms with Gasteiger partial charge in [0.05, 0.1) is 5.69 Å². The van der Waals surface area contributed by atoms with Gasteiger partial charge in [0, 0.05) is 25.2 Å². The molecular weight excluding hydrogens is 140 g/mol. The van der Waals surface area contributed by atoms with E-state index in [1.807, 2.05) is 20.0 Å². The van der Waals surface area contributed by atoms with Gasteiger partial charge in [-0.05, 0) is 13.8 Å². The lowest BCUT2D eigenvalue weighted by Gasteiger charge is -1.98. The van der Waals surface area contributed by atoms with Crippen LogP contribution in [0.15, 0.2) is 6.20 Å². The van der Waals surface area contributed by atoms with Crippen LogP contribution in [0.5, 0.6) is 0 Å². The normalized spacial score (nSPS) is 13.4. The summed E-state index contributed by atoms with van der Waals surface area (Å²) in [5.74, 6) is 0. The average molecular weight is 154 g/mol. The van der Waals surface area contributed by atoms with Crippen molar-refractivity contribution in [3.63, 3.8) is 0 Å². The molecule has 0 bridgehead atoms. The molecule has 0 aliphatic heterocycles. The van der Waals surface area contributed by atoms with Gasteiger partial charge in [0.15, 0.2) is 0 Å². The van der Waals surface area contributed by atoms with Crippen LogP contribution in [0.1, 0.15) is 19.5 Å². The molecule has 1 unspecified atom stereocenters. The minimum atomic E-state index is 0.164. The molecule has 0 saturated heterocycles. The lowest BCUT2D eigenvalue weighted by molar-refractivity contribution is 0.626. The lowest BCUT2D eigenvalue weighted by Crippen LogP contribution is -2.17. The maximum Gasteiger partial charge on any atom is 0.0842 e. The molecule has 1 heterocycles. The standard InChI is InChI=1S/C7H14N4/c1-3-11-5-7(9-10-11)4-6(2)8/h5-6H,3-4,8H2,1-2H3. The summed E-state index contributed by atoms with van der Waals surface area (Å²) in [6.45, 7) is 4.86. The van der Waals surface area contributed by atoms with Crippen LogP contribution >= 0.6 is 0 Å². The Balaban J connectivity index is 2.58. The third-order valence-corrected chi connectivity index (χ3v) is 1.44. The molecule has 4 heteroatoms. The van der Waals surface area contributed by atoms with Crippen LogP contribution in [0.4, 0.5) is 0 Å². The molecule has 0 fully saturated rings. The number of nitrogens with two attached hydrogens (primary N) is 1. The summed E-state index contributed by atoms with van der Waals surface area (Å²) in [5, 5.41) is 7.86. The predicted octanol–water partition coefficient (Wildman–Crippen LogP) is 0.188. The summed E-state index contributed by atoms with van der Waals surface area (Å²) >= 11 is 0. The first-order valence-corrected chi connectivity index (χ1v) is 3.87. The van der Waals surface area contributed by atoms with Crippen molar-refractivity contribution in [1.82, 2.24) is 15.0 Å². The highest BCUT2D eigenvalue weighted by molar-refractivity contribution is 4.94. The number of nitrogens with zero attached hydrogens (tertiary/aromatic N) is 3. The molecule has 1 rings (SSSR count). The van der Waals surface area contributed by atoms with Crippen molar-refractivity contribution in [3.05, 3.63) is 11.9 Å². The van der Waals surface area contributed by atoms with Gasteiger partial charge in [0.1, 0.15) is 0 Å². The third-order valence-electron chi connectivity index (χ3n) is 1.44. The predicted molar refractivity (Wildman–Crippen MR) is 43.0 cm³/mol. The Labute approximate surface area is 66.4 Å². The Kier molecular flexibility index (Phi) is 2.59. The molecular formula is C7H14N4. The van der Waals surface area contributed by atoms with Crippen molar-refractivity contribution >= 4 is 0 Å². The second-order valence-corrected chi connectivity index (χ2v) is 2.75. The van der Waals surface area contributed by atoms with Crippen LogP contribution in [0.2, 0.25) is 0 Å². The maximum absolute atomic E-state index is 5.60. The van der Waals surface area contributed by atoms with Crippen LogP contribution in [0, 0.1) is 0 Å². The molecule has 1 aromatic heterocycles. The Morgan fingerprint density at radius 2 is 2.45 bits per heavy atom. The zero-order valence-corrected chi connectivity index (χ0v) is 6.99. The summed E-state index contributed by atoms with van der Waals surface area (Å²) in [5.41, 5.74) is 6.57. The van der Waals surface area contributed by atoms with Gasteiger partial charge in [0.2, 0.25) is 0 Å². The van der Waals surface area contributed by atoms with Crippen molar-refractivity contribution in [1.29, 1.82) is 0 Å².